The molecule has 0 radical (unpaired) electrons. The van der Waals surface area contributed by atoms with Crippen LogP contribution in [0.15, 0.2) is 0 Å². The van der Waals surface area contributed by atoms with Gasteiger partial charge in [-0.1, -0.05) is 41.5 Å². The van der Waals surface area contributed by atoms with Crippen LogP contribution in [0.25, 0.3) is 0 Å². The summed E-state index contributed by atoms with van der Waals surface area (Å²) in [6.45, 7) is 12.7. The predicted octanol–water partition coefficient (Wildman–Crippen LogP) is 2.94. The Hall–Kier alpha value is -1.06. The molecule has 4 heteroatoms. The average molecular weight is 270 g/mol. The van der Waals surface area contributed by atoms with E-state index in [0.29, 0.717) is 0 Å². The van der Waals surface area contributed by atoms with Gasteiger partial charge < -0.3 is 9.47 Å². The number of ether oxygens (including phenoxy) is 2. The van der Waals surface area contributed by atoms with E-state index in [4.69, 9.17) is 9.47 Å². The van der Waals surface area contributed by atoms with Gasteiger partial charge >= 0.3 is 11.9 Å². The van der Waals surface area contributed by atoms with E-state index in [1.165, 1.54) is 0 Å². The summed E-state index contributed by atoms with van der Waals surface area (Å²) in [6, 6.07) is 0. The highest BCUT2D eigenvalue weighted by molar-refractivity contribution is 5.76. The first-order valence-electron chi connectivity index (χ1n) is 6.85. The zero-order valence-corrected chi connectivity index (χ0v) is 12.9. The third-order valence-electron chi connectivity index (χ3n) is 3.25. The fourth-order valence-electron chi connectivity index (χ4n) is 2.17. The van der Waals surface area contributed by atoms with Crippen LogP contribution in [0.5, 0.6) is 0 Å². The Morgan fingerprint density at radius 2 is 1.89 bits per heavy atom. The molecule has 2 atom stereocenters. The summed E-state index contributed by atoms with van der Waals surface area (Å²) in [7, 11) is 0. The van der Waals surface area contributed by atoms with Gasteiger partial charge in [0.05, 0.1) is 12.3 Å². The van der Waals surface area contributed by atoms with Crippen LogP contribution in [0, 0.1) is 16.7 Å². The van der Waals surface area contributed by atoms with Crippen molar-refractivity contribution in [3.05, 3.63) is 0 Å². The Morgan fingerprint density at radius 1 is 1.32 bits per heavy atom. The molecule has 1 saturated heterocycles. The molecular formula is C15H26O4. The Kier molecular flexibility index (Phi) is 4.64. The number of hydrogen-bond acceptors (Lipinski definition) is 4. The van der Waals surface area contributed by atoms with Crippen LogP contribution in [0.3, 0.4) is 0 Å². The number of rotatable bonds is 3. The summed E-state index contributed by atoms with van der Waals surface area (Å²) >= 11 is 0. The number of esters is 2. The van der Waals surface area contributed by atoms with Gasteiger partial charge in [-0.2, -0.15) is 0 Å². The Morgan fingerprint density at radius 3 is 2.26 bits per heavy atom. The molecular weight excluding hydrogens is 244 g/mol. The standard InChI is InChI=1S/C15H26O4/c1-14(2,3)8-11(15(4,5)6)13(17)19-10-7-12(16)18-9-10/h10-11H,7-9H2,1-6H3. The smallest absolute Gasteiger partial charge is 0.309 e. The molecule has 0 bridgehead atoms. The van der Waals surface area contributed by atoms with Gasteiger partial charge in [0.1, 0.15) is 12.7 Å². The molecule has 1 heterocycles. The molecule has 19 heavy (non-hydrogen) atoms. The minimum Gasteiger partial charge on any atom is -0.462 e. The highest BCUT2D eigenvalue weighted by atomic mass is 16.6. The highest BCUT2D eigenvalue weighted by Gasteiger charge is 2.38. The lowest BCUT2D eigenvalue weighted by Crippen LogP contribution is -2.35. The van der Waals surface area contributed by atoms with Gasteiger partial charge in [0.2, 0.25) is 0 Å². The Balaban J connectivity index is 2.69. The van der Waals surface area contributed by atoms with Crippen molar-refractivity contribution in [3.8, 4) is 0 Å². The van der Waals surface area contributed by atoms with Gasteiger partial charge in [0.25, 0.3) is 0 Å². The van der Waals surface area contributed by atoms with Crippen molar-refractivity contribution < 1.29 is 19.1 Å². The number of cyclic esters (lactones) is 1. The maximum absolute atomic E-state index is 12.3. The first-order chi connectivity index (χ1) is 8.49. The van der Waals surface area contributed by atoms with Crippen LogP contribution >= 0.6 is 0 Å². The van der Waals surface area contributed by atoms with Crippen molar-refractivity contribution in [2.24, 2.45) is 16.7 Å². The molecule has 0 aromatic rings. The van der Waals surface area contributed by atoms with Crippen molar-refractivity contribution in [2.45, 2.75) is 60.5 Å². The fraction of sp³-hybridized carbons (Fsp3) is 0.867. The van der Waals surface area contributed by atoms with Gasteiger partial charge in [-0.25, -0.2) is 0 Å². The van der Waals surface area contributed by atoms with Crippen LogP contribution in [0.2, 0.25) is 0 Å². The summed E-state index contributed by atoms with van der Waals surface area (Å²) in [5.74, 6) is -0.685. The van der Waals surface area contributed by atoms with Crippen molar-refractivity contribution in [1.29, 1.82) is 0 Å². The number of hydrogen-bond donors (Lipinski definition) is 0. The molecule has 1 aliphatic rings. The van der Waals surface area contributed by atoms with Gasteiger partial charge in [-0.15, -0.1) is 0 Å². The van der Waals surface area contributed by atoms with E-state index in [1.807, 2.05) is 20.8 Å². The summed E-state index contributed by atoms with van der Waals surface area (Å²) in [5.41, 5.74) is -0.104. The van der Waals surface area contributed by atoms with Gasteiger partial charge in [0.15, 0.2) is 0 Å². The predicted molar refractivity (Wildman–Crippen MR) is 72.5 cm³/mol. The Bertz CT molecular complexity index is 346. The van der Waals surface area contributed by atoms with Gasteiger partial charge in [0, 0.05) is 0 Å². The molecule has 110 valence electrons. The minimum absolute atomic E-state index is 0.0545. The molecule has 0 aliphatic carbocycles. The lowest BCUT2D eigenvalue weighted by atomic mass is 9.72. The molecule has 0 amide bonds. The molecule has 2 unspecified atom stereocenters. The van der Waals surface area contributed by atoms with Crippen LogP contribution in [0.1, 0.15) is 54.4 Å². The largest absolute Gasteiger partial charge is 0.462 e. The SMILES string of the molecule is CC(C)(C)CC(C(=O)OC1COC(=O)C1)C(C)(C)C. The van der Waals surface area contributed by atoms with Crippen LogP contribution in [-0.4, -0.2) is 24.6 Å². The third-order valence-corrected chi connectivity index (χ3v) is 3.25. The van der Waals surface area contributed by atoms with Gasteiger partial charge in [-0.3, -0.25) is 9.59 Å². The van der Waals surface area contributed by atoms with Crippen molar-refractivity contribution in [3.63, 3.8) is 0 Å². The van der Waals surface area contributed by atoms with Crippen LogP contribution in [0.4, 0.5) is 0 Å². The maximum Gasteiger partial charge on any atom is 0.309 e. The second-order valence-corrected chi connectivity index (χ2v) is 7.63. The zero-order valence-electron chi connectivity index (χ0n) is 12.9. The summed E-state index contributed by atoms with van der Waals surface area (Å²) < 4.78 is 10.2. The second-order valence-electron chi connectivity index (χ2n) is 7.63. The van der Waals surface area contributed by atoms with E-state index in [-0.39, 0.29) is 41.7 Å². The lowest BCUT2D eigenvalue weighted by molar-refractivity contribution is -0.159. The quantitative estimate of drug-likeness (QED) is 0.740. The fourth-order valence-corrected chi connectivity index (χ4v) is 2.17. The van der Waals surface area contributed by atoms with E-state index >= 15 is 0 Å². The topological polar surface area (TPSA) is 52.6 Å². The number of carbonyl (C=O) groups is 2. The van der Waals surface area contributed by atoms with Crippen molar-refractivity contribution in [2.75, 3.05) is 6.61 Å². The highest BCUT2D eigenvalue weighted by Crippen LogP contribution is 2.37. The summed E-state index contributed by atoms with van der Waals surface area (Å²) in [5, 5.41) is 0. The summed E-state index contributed by atoms with van der Waals surface area (Å²) in [4.78, 5) is 23.4. The summed E-state index contributed by atoms with van der Waals surface area (Å²) in [6.07, 6.45) is 0.527. The average Bonchev–Trinajstić information content (AvgIpc) is 2.57. The second kappa shape index (κ2) is 5.51. The van der Waals surface area contributed by atoms with E-state index in [0.717, 1.165) is 6.42 Å². The maximum atomic E-state index is 12.3. The molecule has 4 nitrogen and oxygen atoms in total. The van der Waals surface area contributed by atoms with Crippen LogP contribution in [-0.2, 0) is 19.1 Å². The van der Waals surface area contributed by atoms with Crippen molar-refractivity contribution in [1.82, 2.24) is 0 Å². The Labute approximate surface area is 115 Å². The molecule has 0 aromatic heterocycles. The third kappa shape index (κ3) is 5.21. The normalized spacial score (nSPS) is 22.0. The molecule has 0 aromatic carbocycles. The number of carbonyl (C=O) groups excluding carboxylic acids is 2. The first kappa shape index (κ1) is 16.0. The molecule has 0 saturated carbocycles. The van der Waals surface area contributed by atoms with Crippen LogP contribution < -0.4 is 0 Å². The van der Waals surface area contributed by atoms with E-state index < -0.39 is 6.10 Å². The van der Waals surface area contributed by atoms with E-state index in [2.05, 4.69) is 20.8 Å². The van der Waals surface area contributed by atoms with Gasteiger partial charge in [-0.05, 0) is 17.3 Å². The van der Waals surface area contributed by atoms with E-state index in [9.17, 15) is 9.59 Å². The van der Waals surface area contributed by atoms with E-state index in [1.54, 1.807) is 0 Å². The molecule has 0 N–H and O–H groups in total. The zero-order chi connectivity index (χ0) is 14.8. The molecule has 1 rings (SSSR count). The van der Waals surface area contributed by atoms with Crippen molar-refractivity contribution >= 4 is 11.9 Å². The minimum atomic E-state index is -0.412. The molecule has 1 fully saturated rings. The lowest BCUT2D eigenvalue weighted by Gasteiger charge is -2.34. The molecule has 0 spiro atoms. The molecule has 1 aliphatic heterocycles. The first-order valence-corrected chi connectivity index (χ1v) is 6.85. The monoisotopic (exact) mass is 270 g/mol.